The van der Waals surface area contributed by atoms with Crippen molar-refractivity contribution < 1.29 is 59.7 Å². The maximum absolute atomic E-state index is 12.5. The van der Waals surface area contributed by atoms with Crippen LogP contribution in [0.1, 0.15) is 40.1 Å². The Morgan fingerprint density at radius 1 is 0.611 bits per heavy atom. The van der Waals surface area contributed by atoms with E-state index < -0.39 is 68.0 Å². The van der Waals surface area contributed by atoms with Gasteiger partial charge in [-0.1, -0.05) is 35.3 Å². The fraction of sp³-hybridized carbons (Fsp3) is 0. The molecule has 8 N–H and O–H groups in total. The highest BCUT2D eigenvalue weighted by molar-refractivity contribution is 7.22. The summed E-state index contributed by atoms with van der Waals surface area (Å²) in [6, 6.07) is 13.0. The predicted octanol–water partition coefficient (Wildman–Crippen LogP) is 7.65. The highest BCUT2D eigenvalue weighted by Gasteiger charge is 2.30. The van der Waals surface area contributed by atoms with Crippen LogP contribution in [0, 0.1) is 20.2 Å². The van der Waals surface area contributed by atoms with Gasteiger partial charge in [-0.2, -0.15) is 0 Å². The fourth-order valence-electron chi connectivity index (χ4n) is 4.79. The molecular formula is C32H18Cl2N4O14S2. The Balaban J connectivity index is 0.000000208. The maximum Gasteiger partial charge on any atom is 0.335 e. The van der Waals surface area contributed by atoms with E-state index in [0.29, 0.717) is 22.7 Å². The van der Waals surface area contributed by atoms with Crippen LogP contribution in [-0.4, -0.2) is 64.2 Å². The quantitative estimate of drug-likeness (QED) is 0.0416. The van der Waals surface area contributed by atoms with Gasteiger partial charge in [0.1, 0.15) is 19.2 Å². The first-order valence-electron chi connectivity index (χ1n) is 14.3. The first kappa shape index (κ1) is 38.5. The molecule has 0 saturated carbocycles. The second-order valence-electron chi connectivity index (χ2n) is 10.6. The van der Waals surface area contributed by atoms with Crippen LogP contribution in [0.2, 0.25) is 10.0 Å². The molecule has 276 valence electrons. The van der Waals surface area contributed by atoms with Crippen molar-refractivity contribution in [2.24, 2.45) is 0 Å². The van der Waals surface area contributed by atoms with Gasteiger partial charge in [-0.25, -0.2) is 9.59 Å². The molecule has 0 aliphatic rings. The van der Waals surface area contributed by atoms with Gasteiger partial charge in [-0.15, -0.1) is 22.7 Å². The average Bonchev–Trinajstić information content (AvgIpc) is 3.61. The Bertz CT molecular complexity index is 2430. The van der Waals surface area contributed by atoms with E-state index in [1.807, 2.05) is 0 Å². The number of phenols is 4. The smallest absolute Gasteiger partial charge is 0.335 e. The van der Waals surface area contributed by atoms with Crippen LogP contribution in [-0.2, 0) is 0 Å². The lowest BCUT2D eigenvalue weighted by Crippen LogP contribution is -2.11. The molecule has 0 aliphatic carbocycles. The standard InChI is InChI=1S/2C16H9ClN2O7S/c2*17-10-8-5-9(20)12(21)11(19(25)26)13(8)27-14(10)15(22)18-7-3-1-2-6(4-7)16(23)24/h2*1-5,20-21H,(H,18,22)(H,23,24). The number of hydrogen-bond donors (Lipinski definition) is 8. The molecule has 2 heterocycles. The summed E-state index contributed by atoms with van der Waals surface area (Å²) >= 11 is 13.6. The lowest BCUT2D eigenvalue weighted by molar-refractivity contribution is -0.384. The van der Waals surface area contributed by atoms with Gasteiger partial charge in [-0.05, 0) is 48.5 Å². The number of benzene rings is 4. The van der Waals surface area contributed by atoms with E-state index in [4.69, 9.17) is 33.4 Å². The van der Waals surface area contributed by atoms with Gasteiger partial charge in [0, 0.05) is 22.1 Å². The molecule has 0 spiro atoms. The van der Waals surface area contributed by atoms with E-state index in [1.165, 1.54) is 48.5 Å². The summed E-state index contributed by atoms with van der Waals surface area (Å²) in [7, 11) is 0. The molecule has 22 heteroatoms. The third kappa shape index (κ3) is 7.43. The number of halogens is 2. The summed E-state index contributed by atoms with van der Waals surface area (Å²) in [6.45, 7) is 0. The van der Waals surface area contributed by atoms with Crippen molar-refractivity contribution in [2.75, 3.05) is 10.6 Å². The van der Waals surface area contributed by atoms with Crippen LogP contribution in [0.5, 0.6) is 23.0 Å². The molecular weight excluding hydrogens is 799 g/mol. The van der Waals surface area contributed by atoms with E-state index in [0.717, 1.165) is 12.1 Å². The molecule has 18 nitrogen and oxygen atoms in total. The zero-order valence-electron chi connectivity index (χ0n) is 26.2. The van der Waals surface area contributed by atoms with Crippen LogP contribution >= 0.6 is 45.9 Å². The Hall–Kier alpha value is -6.74. The SMILES string of the molecule is O=C(O)c1cccc(NC(=O)c2sc3c([N+](=O)[O-])c(O)c(O)cc3c2Cl)c1.O=C(O)c1cccc(NC(=O)c2sc3c([N+](=O)[O-])c(O)c(O)cc3c2Cl)c1. The van der Waals surface area contributed by atoms with Crippen LogP contribution in [0.4, 0.5) is 22.7 Å². The number of aromatic hydroxyl groups is 4. The van der Waals surface area contributed by atoms with Gasteiger partial charge in [0.2, 0.25) is 11.5 Å². The molecule has 0 bridgehead atoms. The second kappa shape index (κ2) is 15.1. The minimum atomic E-state index is -1.17. The predicted molar refractivity (Wildman–Crippen MR) is 196 cm³/mol. The van der Waals surface area contributed by atoms with Crippen LogP contribution in [0.3, 0.4) is 0 Å². The minimum Gasteiger partial charge on any atom is -0.504 e. The lowest BCUT2D eigenvalue weighted by Gasteiger charge is -2.05. The lowest BCUT2D eigenvalue weighted by atomic mass is 10.2. The number of thiophene rings is 2. The van der Waals surface area contributed by atoms with Crippen LogP contribution in [0.25, 0.3) is 20.2 Å². The monoisotopic (exact) mass is 816 g/mol. The van der Waals surface area contributed by atoms with Crippen LogP contribution in [0.15, 0.2) is 60.7 Å². The summed E-state index contributed by atoms with van der Waals surface area (Å²) in [5.74, 6) is -7.13. The van der Waals surface area contributed by atoms with Crippen molar-refractivity contribution in [3.63, 3.8) is 0 Å². The Kier molecular flexibility index (Phi) is 10.8. The number of carbonyl (C=O) groups excluding carboxylic acids is 2. The van der Waals surface area contributed by atoms with Crippen molar-refractivity contribution in [1.29, 1.82) is 0 Å². The summed E-state index contributed by atoms with van der Waals surface area (Å²) in [5, 5.41) is 83.9. The van der Waals surface area contributed by atoms with Gasteiger partial charge in [-0.3, -0.25) is 29.8 Å². The molecule has 4 aromatic carbocycles. The molecule has 0 unspecified atom stereocenters. The number of hydrogen-bond acceptors (Lipinski definition) is 14. The number of nitrogens with zero attached hydrogens (tertiary/aromatic N) is 2. The number of carbonyl (C=O) groups is 4. The molecule has 0 saturated heterocycles. The van der Waals surface area contributed by atoms with Gasteiger partial charge < -0.3 is 41.3 Å². The van der Waals surface area contributed by atoms with E-state index in [9.17, 15) is 59.8 Å². The Labute approximate surface area is 316 Å². The molecule has 2 aromatic heterocycles. The van der Waals surface area contributed by atoms with Crippen molar-refractivity contribution >= 4 is 113 Å². The fourth-order valence-corrected chi connectivity index (χ4v) is 7.78. The largest absolute Gasteiger partial charge is 0.504 e. The topological polar surface area (TPSA) is 300 Å². The van der Waals surface area contributed by atoms with Crippen molar-refractivity contribution in [2.45, 2.75) is 0 Å². The van der Waals surface area contributed by atoms with E-state index in [-0.39, 0.29) is 62.5 Å². The molecule has 0 radical (unpaired) electrons. The number of fused-ring (bicyclic) bond motifs is 2. The van der Waals surface area contributed by atoms with E-state index in [1.54, 1.807) is 0 Å². The van der Waals surface area contributed by atoms with Crippen molar-refractivity contribution in [1.82, 2.24) is 0 Å². The van der Waals surface area contributed by atoms with Crippen molar-refractivity contribution in [3.05, 3.63) is 112 Å². The number of rotatable bonds is 8. The summed E-state index contributed by atoms with van der Waals surface area (Å²) < 4.78 is -0.158. The number of nitro groups is 2. The number of carboxylic acids is 2. The molecule has 6 rings (SSSR count). The van der Waals surface area contributed by atoms with E-state index in [2.05, 4.69) is 10.6 Å². The van der Waals surface area contributed by atoms with Crippen LogP contribution < -0.4 is 10.6 Å². The maximum atomic E-state index is 12.5. The zero-order valence-corrected chi connectivity index (χ0v) is 29.3. The number of carboxylic acid groups (broad SMARTS) is 2. The summed E-state index contributed by atoms with van der Waals surface area (Å²) in [4.78, 5) is 67.5. The summed E-state index contributed by atoms with van der Waals surface area (Å²) in [6.07, 6.45) is 0. The summed E-state index contributed by atoms with van der Waals surface area (Å²) in [5.41, 5.74) is -1.23. The third-order valence-corrected chi connectivity index (χ3v) is 10.6. The third-order valence-electron chi connectivity index (χ3n) is 7.21. The van der Waals surface area contributed by atoms with Gasteiger partial charge >= 0.3 is 23.3 Å². The molecule has 0 fully saturated rings. The number of nitrogens with one attached hydrogen (secondary N) is 2. The number of phenolic OH excluding ortho intramolecular Hbond substituents is 4. The average molecular weight is 818 g/mol. The Morgan fingerprint density at radius 2 is 0.963 bits per heavy atom. The number of nitro benzene ring substituents is 2. The van der Waals surface area contributed by atoms with E-state index >= 15 is 0 Å². The molecule has 0 atom stereocenters. The zero-order chi connectivity index (χ0) is 39.8. The number of amides is 2. The number of anilines is 2. The highest BCUT2D eigenvalue weighted by atomic mass is 35.5. The molecule has 2 amide bonds. The molecule has 6 aromatic rings. The molecule has 0 aliphatic heterocycles. The number of aromatic carboxylic acids is 2. The van der Waals surface area contributed by atoms with Gasteiger partial charge in [0.15, 0.2) is 11.5 Å². The minimum absolute atomic E-state index is 0.0353. The first-order valence-corrected chi connectivity index (χ1v) is 16.7. The van der Waals surface area contributed by atoms with Gasteiger partial charge in [0.25, 0.3) is 11.8 Å². The van der Waals surface area contributed by atoms with Gasteiger partial charge in [0.05, 0.1) is 31.0 Å². The molecule has 54 heavy (non-hydrogen) atoms. The highest BCUT2D eigenvalue weighted by Crippen LogP contribution is 2.50. The Morgan fingerprint density at radius 3 is 1.28 bits per heavy atom. The first-order chi connectivity index (χ1) is 25.4. The second-order valence-corrected chi connectivity index (χ2v) is 13.4. The normalized spacial score (nSPS) is 10.7. The van der Waals surface area contributed by atoms with Crippen molar-refractivity contribution in [3.8, 4) is 23.0 Å².